The predicted octanol–water partition coefficient (Wildman–Crippen LogP) is 2.82. The average molecular weight is 318 g/mol. The molecule has 1 amide bonds. The van der Waals surface area contributed by atoms with Gasteiger partial charge in [-0.05, 0) is 31.0 Å². The molecule has 0 saturated heterocycles. The quantitative estimate of drug-likeness (QED) is 0.821. The van der Waals surface area contributed by atoms with Crippen molar-refractivity contribution in [2.75, 3.05) is 0 Å². The zero-order valence-corrected chi connectivity index (χ0v) is 12.6. The van der Waals surface area contributed by atoms with E-state index in [1.54, 1.807) is 6.92 Å². The molecule has 0 aromatic heterocycles. The van der Waals surface area contributed by atoms with Gasteiger partial charge in [-0.2, -0.15) is 13.2 Å². The van der Waals surface area contributed by atoms with Crippen molar-refractivity contribution in [3.05, 3.63) is 35.4 Å². The maximum absolute atomic E-state index is 12.4. The Kier molecular flexibility index (Phi) is 5.33. The second-order valence-electron chi connectivity index (χ2n) is 4.97. The van der Waals surface area contributed by atoms with Gasteiger partial charge in [0.1, 0.15) is 0 Å². The van der Waals surface area contributed by atoms with Gasteiger partial charge < -0.3 is 11.1 Å². The van der Waals surface area contributed by atoms with E-state index in [0.717, 1.165) is 12.1 Å². The smallest absolute Gasteiger partial charge is 0.391 e. The number of rotatable bonds is 5. The van der Waals surface area contributed by atoms with Gasteiger partial charge in [-0.15, -0.1) is 0 Å². The van der Waals surface area contributed by atoms with E-state index in [1.807, 2.05) is 6.92 Å². The van der Waals surface area contributed by atoms with Crippen LogP contribution < -0.4 is 11.1 Å². The van der Waals surface area contributed by atoms with Crippen LogP contribution in [0, 0.1) is 0 Å². The van der Waals surface area contributed by atoms with E-state index in [0.29, 0.717) is 12.0 Å². The molecule has 0 spiro atoms. The highest BCUT2D eigenvalue weighted by molar-refractivity contribution is 7.80. The first-order valence-corrected chi connectivity index (χ1v) is 6.76. The number of thiocarbonyl (C=S) groups is 1. The molecule has 7 heteroatoms. The number of benzene rings is 1. The summed E-state index contributed by atoms with van der Waals surface area (Å²) in [6, 6.07) is 4.48. The molecule has 21 heavy (non-hydrogen) atoms. The largest absolute Gasteiger partial charge is 0.416 e. The minimum Gasteiger partial charge on any atom is -0.391 e. The fraction of sp³-hybridized carbons (Fsp3) is 0.429. The number of amides is 1. The summed E-state index contributed by atoms with van der Waals surface area (Å²) in [5.41, 5.74) is 4.53. The van der Waals surface area contributed by atoms with Crippen LogP contribution in [-0.4, -0.2) is 16.4 Å². The lowest BCUT2D eigenvalue weighted by atomic mass is 9.98. The topological polar surface area (TPSA) is 55.1 Å². The number of carbonyl (C=O) groups is 1. The molecule has 1 rings (SSSR count). The Labute approximate surface area is 126 Å². The standard InChI is InChI=1S/C14H17F3N2OS/c1-3-13(2,12(18)21)19-11(20)8-9-4-6-10(7-5-9)14(15,16)17/h4-7H,3,8H2,1-2H3,(H2,18,21)(H,19,20). The fourth-order valence-corrected chi connectivity index (χ4v) is 1.87. The van der Waals surface area contributed by atoms with Crippen LogP contribution in [0.3, 0.4) is 0 Å². The molecular weight excluding hydrogens is 301 g/mol. The number of nitrogens with one attached hydrogen (secondary N) is 1. The van der Waals surface area contributed by atoms with Crippen LogP contribution in [0.15, 0.2) is 24.3 Å². The maximum atomic E-state index is 12.4. The molecule has 0 heterocycles. The van der Waals surface area contributed by atoms with E-state index in [-0.39, 0.29) is 17.3 Å². The Balaban J connectivity index is 2.74. The van der Waals surface area contributed by atoms with Crippen molar-refractivity contribution in [3.63, 3.8) is 0 Å². The molecular formula is C14H17F3N2OS. The van der Waals surface area contributed by atoms with Gasteiger partial charge in [0.25, 0.3) is 0 Å². The third-order valence-electron chi connectivity index (χ3n) is 3.31. The summed E-state index contributed by atoms with van der Waals surface area (Å²) in [4.78, 5) is 12.1. The second kappa shape index (κ2) is 6.43. The summed E-state index contributed by atoms with van der Waals surface area (Å²) in [5.74, 6) is -0.341. The van der Waals surface area contributed by atoms with Crippen LogP contribution in [0.1, 0.15) is 31.4 Å². The highest BCUT2D eigenvalue weighted by atomic mass is 32.1. The first-order valence-electron chi connectivity index (χ1n) is 6.35. The van der Waals surface area contributed by atoms with Crippen LogP contribution in [-0.2, 0) is 17.4 Å². The Morgan fingerprint density at radius 2 is 1.81 bits per heavy atom. The average Bonchev–Trinajstić information content (AvgIpc) is 2.37. The molecule has 1 aromatic rings. The van der Waals surface area contributed by atoms with Gasteiger partial charge in [-0.3, -0.25) is 4.79 Å². The van der Waals surface area contributed by atoms with E-state index < -0.39 is 17.3 Å². The van der Waals surface area contributed by atoms with Crippen LogP contribution in [0.2, 0.25) is 0 Å². The number of nitrogens with two attached hydrogens (primary N) is 1. The first kappa shape index (κ1) is 17.4. The molecule has 1 atom stereocenters. The molecule has 1 unspecified atom stereocenters. The molecule has 0 fully saturated rings. The summed E-state index contributed by atoms with van der Waals surface area (Å²) >= 11 is 4.91. The zero-order valence-electron chi connectivity index (χ0n) is 11.8. The minimum absolute atomic E-state index is 0.0314. The third kappa shape index (κ3) is 4.70. The molecule has 0 aliphatic heterocycles. The normalized spacial score (nSPS) is 14.3. The molecule has 116 valence electrons. The number of halogens is 3. The van der Waals surface area contributed by atoms with Crippen LogP contribution in [0.4, 0.5) is 13.2 Å². The maximum Gasteiger partial charge on any atom is 0.416 e. The van der Waals surface area contributed by atoms with Gasteiger partial charge in [0, 0.05) is 0 Å². The SMILES string of the molecule is CCC(C)(NC(=O)Cc1ccc(C(F)(F)F)cc1)C(N)=S. The zero-order chi connectivity index (χ0) is 16.3. The Bertz CT molecular complexity index is 528. The van der Waals surface area contributed by atoms with Gasteiger partial charge in [0.05, 0.1) is 22.5 Å². The van der Waals surface area contributed by atoms with E-state index >= 15 is 0 Å². The molecule has 0 aliphatic rings. The number of hydrogen-bond donors (Lipinski definition) is 2. The lowest BCUT2D eigenvalue weighted by molar-refractivity contribution is -0.137. The predicted molar refractivity (Wildman–Crippen MR) is 78.8 cm³/mol. The van der Waals surface area contributed by atoms with Crippen molar-refractivity contribution in [2.45, 2.75) is 38.4 Å². The summed E-state index contributed by atoms with van der Waals surface area (Å²) in [7, 11) is 0. The van der Waals surface area contributed by atoms with Crippen molar-refractivity contribution in [3.8, 4) is 0 Å². The van der Waals surface area contributed by atoms with E-state index in [4.69, 9.17) is 18.0 Å². The van der Waals surface area contributed by atoms with Crippen LogP contribution in [0.5, 0.6) is 0 Å². The summed E-state index contributed by atoms with van der Waals surface area (Å²) in [6.07, 6.45) is -3.88. The van der Waals surface area contributed by atoms with Gasteiger partial charge >= 0.3 is 6.18 Å². The first-order chi connectivity index (χ1) is 9.58. The van der Waals surface area contributed by atoms with Gasteiger partial charge in [0.15, 0.2) is 0 Å². The van der Waals surface area contributed by atoms with Crippen molar-refractivity contribution in [1.82, 2.24) is 5.32 Å². The molecule has 0 saturated carbocycles. The lowest BCUT2D eigenvalue weighted by Crippen LogP contribution is -2.54. The number of alkyl halides is 3. The highest BCUT2D eigenvalue weighted by Crippen LogP contribution is 2.29. The molecule has 0 aliphatic carbocycles. The molecule has 3 nitrogen and oxygen atoms in total. The Hall–Kier alpha value is -1.63. The molecule has 0 radical (unpaired) electrons. The van der Waals surface area contributed by atoms with Crippen molar-refractivity contribution in [2.24, 2.45) is 5.73 Å². The summed E-state index contributed by atoms with van der Waals surface area (Å²) in [5, 5.41) is 2.71. The molecule has 3 N–H and O–H groups in total. The summed E-state index contributed by atoms with van der Waals surface area (Å²) < 4.78 is 37.3. The Morgan fingerprint density at radius 3 is 2.19 bits per heavy atom. The monoisotopic (exact) mass is 318 g/mol. The van der Waals surface area contributed by atoms with E-state index in [1.165, 1.54) is 12.1 Å². The van der Waals surface area contributed by atoms with E-state index in [2.05, 4.69) is 5.32 Å². The number of carbonyl (C=O) groups excluding carboxylic acids is 1. The van der Waals surface area contributed by atoms with Gasteiger partial charge in [0.2, 0.25) is 5.91 Å². The highest BCUT2D eigenvalue weighted by Gasteiger charge is 2.30. The fourth-order valence-electron chi connectivity index (χ4n) is 1.67. The van der Waals surface area contributed by atoms with Crippen molar-refractivity contribution >= 4 is 23.1 Å². The number of hydrogen-bond acceptors (Lipinski definition) is 2. The second-order valence-corrected chi connectivity index (χ2v) is 5.41. The van der Waals surface area contributed by atoms with Crippen molar-refractivity contribution < 1.29 is 18.0 Å². The molecule has 1 aromatic carbocycles. The van der Waals surface area contributed by atoms with Gasteiger partial charge in [-0.25, -0.2) is 0 Å². The lowest BCUT2D eigenvalue weighted by Gasteiger charge is -2.28. The van der Waals surface area contributed by atoms with E-state index in [9.17, 15) is 18.0 Å². The Morgan fingerprint density at radius 1 is 1.29 bits per heavy atom. The van der Waals surface area contributed by atoms with Crippen molar-refractivity contribution in [1.29, 1.82) is 0 Å². The van der Waals surface area contributed by atoms with Gasteiger partial charge in [-0.1, -0.05) is 31.3 Å². The van der Waals surface area contributed by atoms with Crippen LogP contribution in [0.25, 0.3) is 0 Å². The summed E-state index contributed by atoms with van der Waals surface area (Å²) in [6.45, 7) is 3.54. The third-order valence-corrected chi connectivity index (χ3v) is 3.76. The molecule has 0 bridgehead atoms. The van der Waals surface area contributed by atoms with Crippen LogP contribution >= 0.6 is 12.2 Å². The minimum atomic E-state index is -4.38.